The summed E-state index contributed by atoms with van der Waals surface area (Å²) in [6.45, 7) is 6.02. The van der Waals surface area contributed by atoms with E-state index >= 15 is 0 Å². The first kappa shape index (κ1) is 22.9. The van der Waals surface area contributed by atoms with E-state index in [1.807, 2.05) is 36.9 Å². The molecule has 3 aromatic carbocycles. The summed E-state index contributed by atoms with van der Waals surface area (Å²) in [7, 11) is 0. The molecule has 0 saturated carbocycles. The van der Waals surface area contributed by atoms with E-state index in [1.54, 1.807) is 18.2 Å². The van der Waals surface area contributed by atoms with Crippen molar-refractivity contribution in [3.8, 4) is 11.4 Å². The Hall–Kier alpha value is -3.91. The molecule has 0 saturated heterocycles. The first-order chi connectivity index (χ1) is 16.8. The van der Waals surface area contributed by atoms with E-state index in [-0.39, 0.29) is 17.5 Å². The van der Waals surface area contributed by atoms with E-state index in [1.165, 1.54) is 29.8 Å². The molecule has 1 atom stereocenters. The molecule has 176 valence electrons. The summed E-state index contributed by atoms with van der Waals surface area (Å²) < 4.78 is 33.2. The number of nitrogens with one attached hydrogen (secondary N) is 1. The van der Waals surface area contributed by atoms with Crippen LogP contribution in [0.15, 0.2) is 77.0 Å². The van der Waals surface area contributed by atoms with E-state index < -0.39 is 6.04 Å². The van der Waals surface area contributed by atoms with E-state index in [0.717, 1.165) is 16.9 Å². The maximum atomic E-state index is 14.2. The smallest absolute Gasteiger partial charge is 0.258 e. The first-order valence-electron chi connectivity index (χ1n) is 11.1. The molecule has 0 amide bonds. The van der Waals surface area contributed by atoms with Crippen LogP contribution in [0.3, 0.4) is 0 Å². The van der Waals surface area contributed by atoms with Crippen molar-refractivity contribution in [2.45, 2.75) is 26.8 Å². The van der Waals surface area contributed by atoms with Crippen LogP contribution in [0.1, 0.15) is 35.5 Å². The summed E-state index contributed by atoms with van der Waals surface area (Å²) in [4.78, 5) is 6.52. The van der Waals surface area contributed by atoms with Crippen LogP contribution in [0.4, 0.5) is 14.5 Å². The van der Waals surface area contributed by atoms with Gasteiger partial charge in [0.25, 0.3) is 5.89 Å². The molecule has 5 nitrogen and oxygen atoms in total. The van der Waals surface area contributed by atoms with Crippen LogP contribution in [0, 0.1) is 25.5 Å². The highest BCUT2D eigenvalue weighted by atomic mass is 32.1. The third-order valence-corrected chi connectivity index (χ3v) is 6.47. The molecule has 0 spiro atoms. The highest BCUT2D eigenvalue weighted by Gasteiger charge is 2.35. The van der Waals surface area contributed by atoms with Crippen molar-refractivity contribution in [3.63, 3.8) is 0 Å². The Morgan fingerprint density at radius 1 is 0.914 bits per heavy atom. The van der Waals surface area contributed by atoms with Crippen LogP contribution in [0.2, 0.25) is 0 Å². The fourth-order valence-corrected chi connectivity index (χ4v) is 4.54. The van der Waals surface area contributed by atoms with Gasteiger partial charge in [-0.3, -0.25) is 4.90 Å². The lowest BCUT2D eigenvalue weighted by Gasteiger charge is -2.37. The summed E-state index contributed by atoms with van der Waals surface area (Å²) in [5, 5.41) is 7.93. The van der Waals surface area contributed by atoms with Gasteiger partial charge in [-0.25, -0.2) is 8.78 Å². The molecule has 2 heterocycles. The van der Waals surface area contributed by atoms with Crippen LogP contribution in [-0.2, 0) is 0 Å². The minimum Gasteiger partial charge on any atom is -0.351 e. The molecular weight excluding hydrogens is 466 g/mol. The monoisotopic (exact) mass is 488 g/mol. The topological polar surface area (TPSA) is 54.2 Å². The lowest BCUT2D eigenvalue weighted by Crippen LogP contribution is -2.46. The van der Waals surface area contributed by atoms with Crippen LogP contribution in [0.5, 0.6) is 0 Å². The number of nitrogens with zero attached hydrogens (tertiary/aromatic N) is 3. The van der Waals surface area contributed by atoms with Gasteiger partial charge in [-0.2, -0.15) is 4.98 Å². The Morgan fingerprint density at radius 2 is 1.69 bits per heavy atom. The Morgan fingerprint density at radius 3 is 2.40 bits per heavy atom. The number of allylic oxidation sites excluding steroid dienone is 1. The molecule has 8 heteroatoms. The lowest BCUT2D eigenvalue weighted by atomic mass is 9.94. The number of halogens is 2. The van der Waals surface area contributed by atoms with Crippen molar-refractivity contribution >= 4 is 28.6 Å². The average molecular weight is 489 g/mol. The molecule has 5 rings (SSSR count). The number of aromatic nitrogens is 2. The molecule has 4 aromatic rings. The molecule has 1 aromatic heterocycles. The van der Waals surface area contributed by atoms with Gasteiger partial charge >= 0.3 is 0 Å². The fourth-order valence-electron chi connectivity index (χ4n) is 4.18. The maximum absolute atomic E-state index is 14.2. The zero-order valence-corrected chi connectivity index (χ0v) is 20.2. The SMILES string of the molecule is CC1=C(c2nc(-c3ccc(F)cc3)no2)C(c2cccc(F)c2)NC(=S)N1c1ccc(C)c(C)c1. The lowest BCUT2D eigenvalue weighted by molar-refractivity contribution is 0.404. The van der Waals surface area contributed by atoms with Gasteiger partial charge in [0, 0.05) is 16.9 Å². The highest BCUT2D eigenvalue weighted by molar-refractivity contribution is 7.80. The van der Waals surface area contributed by atoms with E-state index in [0.29, 0.717) is 27.6 Å². The number of aryl methyl sites for hydroxylation is 2. The second kappa shape index (κ2) is 9.03. The van der Waals surface area contributed by atoms with Gasteiger partial charge in [0.2, 0.25) is 5.82 Å². The second-order valence-corrected chi connectivity index (χ2v) is 8.86. The quantitative estimate of drug-likeness (QED) is 0.331. The molecule has 0 radical (unpaired) electrons. The molecule has 1 aliphatic rings. The Balaban J connectivity index is 1.66. The molecule has 0 aliphatic carbocycles. The van der Waals surface area contributed by atoms with Crippen molar-refractivity contribution in [3.05, 3.63) is 107 Å². The minimum absolute atomic E-state index is 0.264. The Kier molecular flexibility index (Phi) is 5.90. The molecule has 35 heavy (non-hydrogen) atoms. The molecular formula is C27H22F2N4OS. The van der Waals surface area contributed by atoms with E-state index in [9.17, 15) is 8.78 Å². The van der Waals surface area contributed by atoms with Gasteiger partial charge in [0.15, 0.2) is 5.11 Å². The number of hydrogen-bond donors (Lipinski definition) is 1. The predicted octanol–water partition coefficient (Wildman–Crippen LogP) is 6.50. The third-order valence-electron chi connectivity index (χ3n) is 6.17. The van der Waals surface area contributed by atoms with Crippen LogP contribution in [-0.4, -0.2) is 15.3 Å². The van der Waals surface area contributed by atoms with Crippen molar-refractivity contribution < 1.29 is 13.3 Å². The number of rotatable bonds is 4. The third kappa shape index (κ3) is 4.33. The molecule has 1 aliphatic heterocycles. The summed E-state index contributed by atoms with van der Waals surface area (Å²) in [6.07, 6.45) is 0. The van der Waals surface area contributed by atoms with E-state index in [4.69, 9.17) is 16.7 Å². The molecule has 0 fully saturated rings. The zero-order chi connectivity index (χ0) is 24.7. The van der Waals surface area contributed by atoms with Gasteiger partial charge < -0.3 is 9.84 Å². The summed E-state index contributed by atoms with van der Waals surface area (Å²) in [5.41, 5.74) is 5.92. The summed E-state index contributed by atoms with van der Waals surface area (Å²) >= 11 is 5.75. The van der Waals surface area contributed by atoms with Crippen LogP contribution < -0.4 is 10.2 Å². The number of anilines is 1. The molecule has 1 N–H and O–H groups in total. The maximum Gasteiger partial charge on any atom is 0.258 e. The predicted molar refractivity (Wildman–Crippen MR) is 136 cm³/mol. The largest absolute Gasteiger partial charge is 0.351 e. The van der Waals surface area contributed by atoms with Crippen LogP contribution in [0.25, 0.3) is 17.0 Å². The van der Waals surface area contributed by atoms with Crippen molar-refractivity contribution in [2.75, 3.05) is 4.90 Å². The van der Waals surface area contributed by atoms with Crippen LogP contribution >= 0.6 is 12.2 Å². The Labute approximate surface area is 207 Å². The Bertz CT molecular complexity index is 1460. The normalized spacial score (nSPS) is 16.0. The van der Waals surface area contributed by atoms with Crippen molar-refractivity contribution in [1.82, 2.24) is 15.5 Å². The van der Waals surface area contributed by atoms with E-state index in [2.05, 4.69) is 28.4 Å². The summed E-state index contributed by atoms with van der Waals surface area (Å²) in [6, 6.07) is 17.8. The highest BCUT2D eigenvalue weighted by Crippen LogP contribution is 2.39. The first-order valence-corrected chi connectivity index (χ1v) is 11.5. The zero-order valence-electron chi connectivity index (χ0n) is 19.3. The minimum atomic E-state index is -0.512. The van der Waals surface area contributed by atoms with Gasteiger partial charge in [-0.1, -0.05) is 23.4 Å². The standard InChI is InChI=1S/C27H22F2N4OS/c1-15-7-12-22(13-16(15)2)33-17(3)23(24(30-27(33)35)19-5-4-6-21(29)14-19)26-31-25(32-34-26)18-8-10-20(28)11-9-18/h4-14,24H,1-3H3,(H,30,35). The van der Waals surface area contributed by atoms with Gasteiger partial charge in [0.05, 0.1) is 11.6 Å². The fraction of sp³-hybridized carbons (Fsp3) is 0.148. The summed E-state index contributed by atoms with van der Waals surface area (Å²) in [5.74, 6) is -0.123. The van der Waals surface area contributed by atoms with Crippen molar-refractivity contribution in [1.29, 1.82) is 0 Å². The van der Waals surface area contributed by atoms with Gasteiger partial charge in [-0.05, 0) is 98.2 Å². The second-order valence-electron chi connectivity index (χ2n) is 8.47. The van der Waals surface area contributed by atoms with Gasteiger partial charge in [0.1, 0.15) is 11.6 Å². The van der Waals surface area contributed by atoms with Gasteiger partial charge in [-0.15, -0.1) is 0 Å². The number of thiocarbonyl (C=S) groups is 1. The number of benzene rings is 3. The number of hydrogen-bond acceptors (Lipinski definition) is 4. The van der Waals surface area contributed by atoms with Crippen molar-refractivity contribution in [2.24, 2.45) is 0 Å². The molecule has 0 bridgehead atoms. The molecule has 1 unspecified atom stereocenters. The average Bonchev–Trinajstić information content (AvgIpc) is 3.31.